The van der Waals surface area contributed by atoms with Crippen LogP contribution >= 0.6 is 0 Å². The number of hydrogen-bond acceptors (Lipinski definition) is 4. The van der Waals surface area contributed by atoms with Gasteiger partial charge in [0.05, 0.1) is 25.4 Å². The van der Waals surface area contributed by atoms with Crippen molar-refractivity contribution < 1.29 is 9.47 Å². The number of nitrogens with one attached hydrogen (secondary N) is 1. The van der Waals surface area contributed by atoms with Crippen molar-refractivity contribution in [1.29, 1.82) is 0 Å². The Labute approximate surface area is 130 Å². The molecular formula is C17H34N2O2. The summed E-state index contributed by atoms with van der Waals surface area (Å²) in [7, 11) is 2.23. The summed E-state index contributed by atoms with van der Waals surface area (Å²) in [6, 6.07) is 0. The lowest BCUT2D eigenvalue weighted by molar-refractivity contribution is 0.00238. The average Bonchev–Trinajstić information content (AvgIpc) is 2.60. The standard InChI is InChI=1S/C17H34N2O2/c1-13(2)21-12-17(4)7-15(10-19(17)5)6-14(3)20-11-16-8-18-9-16/h13-16,18H,6-12H2,1-5H3. The normalized spacial score (nSPS) is 32.6. The summed E-state index contributed by atoms with van der Waals surface area (Å²) in [6.45, 7) is 14.0. The fraction of sp³-hybridized carbons (Fsp3) is 1.00. The molecule has 2 fully saturated rings. The molecule has 2 rings (SSSR count). The van der Waals surface area contributed by atoms with Gasteiger partial charge in [0.1, 0.15) is 0 Å². The van der Waals surface area contributed by atoms with Gasteiger partial charge < -0.3 is 14.8 Å². The highest BCUT2D eigenvalue weighted by molar-refractivity contribution is 4.95. The summed E-state index contributed by atoms with van der Waals surface area (Å²) in [6.07, 6.45) is 3.07. The van der Waals surface area contributed by atoms with Crippen LogP contribution in [0.4, 0.5) is 0 Å². The molecule has 4 heteroatoms. The van der Waals surface area contributed by atoms with Crippen LogP contribution in [0.3, 0.4) is 0 Å². The van der Waals surface area contributed by atoms with E-state index in [2.05, 4.69) is 45.0 Å². The van der Waals surface area contributed by atoms with Gasteiger partial charge >= 0.3 is 0 Å². The van der Waals surface area contributed by atoms with Crippen molar-refractivity contribution in [2.45, 2.75) is 58.3 Å². The van der Waals surface area contributed by atoms with Crippen molar-refractivity contribution in [2.24, 2.45) is 11.8 Å². The zero-order chi connectivity index (χ0) is 15.5. The monoisotopic (exact) mass is 298 g/mol. The van der Waals surface area contributed by atoms with Crippen LogP contribution < -0.4 is 5.32 Å². The van der Waals surface area contributed by atoms with E-state index in [1.54, 1.807) is 0 Å². The molecule has 0 amide bonds. The highest BCUT2D eigenvalue weighted by Gasteiger charge is 2.40. The van der Waals surface area contributed by atoms with Crippen LogP contribution in [0, 0.1) is 11.8 Å². The molecule has 0 spiro atoms. The van der Waals surface area contributed by atoms with Gasteiger partial charge in [-0.25, -0.2) is 0 Å². The first-order chi connectivity index (χ1) is 9.89. The number of hydrogen-bond donors (Lipinski definition) is 1. The van der Waals surface area contributed by atoms with Gasteiger partial charge in [0, 0.05) is 31.1 Å². The summed E-state index contributed by atoms with van der Waals surface area (Å²) < 4.78 is 11.9. The Balaban J connectivity index is 1.71. The predicted octanol–water partition coefficient (Wildman–Crippen LogP) is 2.14. The zero-order valence-corrected chi connectivity index (χ0v) is 14.5. The van der Waals surface area contributed by atoms with E-state index in [-0.39, 0.29) is 5.54 Å². The van der Waals surface area contributed by atoms with E-state index in [0.717, 1.165) is 44.7 Å². The lowest BCUT2D eigenvalue weighted by atomic mass is 9.92. The first kappa shape index (κ1) is 17.2. The van der Waals surface area contributed by atoms with E-state index in [1.807, 2.05) is 0 Å². The van der Waals surface area contributed by atoms with Crippen LogP contribution in [0.5, 0.6) is 0 Å². The van der Waals surface area contributed by atoms with Gasteiger partial charge in [0.15, 0.2) is 0 Å². The zero-order valence-electron chi connectivity index (χ0n) is 14.5. The lowest BCUT2D eigenvalue weighted by Crippen LogP contribution is -2.45. The Morgan fingerprint density at radius 3 is 2.48 bits per heavy atom. The maximum Gasteiger partial charge on any atom is 0.0651 e. The molecule has 4 nitrogen and oxygen atoms in total. The van der Waals surface area contributed by atoms with E-state index >= 15 is 0 Å². The Hall–Kier alpha value is -0.160. The van der Waals surface area contributed by atoms with Gasteiger partial charge in [-0.3, -0.25) is 4.90 Å². The molecule has 0 aromatic heterocycles. The minimum absolute atomic E-state index is 0.187. The summed E-state index contributed by atoms with van der Waals surface area (Å²) in [5, 5.41) is 3.30. The predicted molar refractivity (Wildman–Crippen MR) is 86.6 cm³/mol. The second-order valence-corrected chi connectivity index (χ2v) is 7.71. The maximum atomic E-state index is 6.02. The fourth-order valence-electron chi connectivity index (χ4n) is 3.43. The van der Waals surface area contributed by atoms with E-state index in [0.29, 0.717) is 12.2 Å². The van der Waals surface area contributed by atoms with Crippen LogP contribution in [0.2, 0.25) is 0 Å². The number of likely N-dealkylation sites (N-methyl/N-ethyl adjacent to an activating group) is 1. The summed E-state index contributed by atoms with van der Waals surface area (Å²) in [5.74, 6) is 1.47. The number of nitrogens with zero attached hydrogens (tertiary/aromatic N) is 1. The fourth-order valence-corrected chi connectivity index (χ4v) is 3.43. The minimum Gasteiger partial charge on any atom is -0.378 e. The van der Waals surface area contributed by atoms with Crippen LogP contribution in [-0.4, -0.2) is 62.5 Å². The van der Waals surface area contributed by atoms with Gasteiger partial charge in [0.25, 0.3) is 0 Å². The molecule has 3 atom stereocenters. The van der Waals surface area contributed by atoms with Crippen molar-refractivity contribution in [1.82, 2.24) is 10.2 Å². The molecule has 2 heterocycles. The SMILES string of the molecule is CC(C)OCC1(C)CC(CC(C)OCC2CNC2)CN1C. The van der Waals surface area contributed by atoms with Crippen molar-refractivity contribution in [3.05, 3.63) is 0 Å². The molecule has 124 valence electrons. The van der Waals surface area contributed by atoms with Gasteiger partial charge in [-0.2, -0.15) is 0 Å². The van der Waals surface area contributed by atoms with E-state index < -0.39 is 0 Å². The first-order valence-corrected chi connectivity index (χ1v) is 8.54. The summed E-state index contributed by atoms with van der Waals surface area (Å²) in [5.41, 5.74) is 0.187. The third-order valence-electron chi connectivity index (χ3n) is 5.06. The van der Waals surface area contributed by atoms with Gasteiger partial charge in [0.2, 0.25) is 0 Å². The topological polar surface area (TPSA) is 33.7 Å². The van der Waals surface area contributed by atoms with Crippen molar-refractivity contribution in [3.63, 3.8) is 0 Å². The minimum atomic E-state index is 0.187. The maximum absolute atomic E-state index is 6.02. The van der Waals surface area contributed by atoms with Crippen molar-refractivity contribution in [2.75, 3.05) is 39.9 Å². The third-order valence-corrected chi connectivity index (χ3v) is 5.06. The highest BCUT2D eigenvalue weighted by atomic mass is 16.5. The van der Waals surface area contributed by atoms with E-state index in [9.17, 15) is 0 Å². The summed E-state index contributed by atoms with van der Waals surface area (Å²) >= 11 is 0. The molecule has 0 bridgehead atoms. The smallest absolute Gasteiger partial charge is 0.0651 e. The van der Waals surface area contributed by atoms with Crippen molar-refractivity contribution in [3.8, 4) is 0 Å². The van der Waals surface area contributed by atoms with Crippen molar-refractivity contribution >= 4 is 0 Å². The Kier molecular flexibility index (Phi) is 6.06. The number of likely N-dealkylation sites (tertiary alicyclic amines) is 1. The molecule has 0 aromatic carbocycles. The van der Waals surface area contributed by atoms with Crippen LogP contribution in [-0.2, 0) is 9.47 Å². The molecule has 2 aliphatic rings. The number of ether oxygens (including phenoxy) is 2. The molecule has 0 saturated carbocycles. The molecule has 0 aliphatic carbocycles. The van der Waals surface area contributed by atoms with Crippen LogP contribution in [0.1, 0.15) is 40.5 Å². The van der Waals surface area contributed by atoms with E-state index in [4.69, 9.17) is 9.47 Å². The molecule has 21 heavy (non-hydrogen) atoms. The Morgan fingerprint density at radius 1 is 1.19 bits per heavy atom. The quantitative estimate of drug-likeness (QED) is 0.744. The molecule has 2 aliphatic heterocycles. The van der Waals surface area contributed by atoms with E-state index in [1.165, 1.54) is 12.8 Å². The molecule has 0 radical (unpaired) electrons. The molecule has 3 unspecified atom stereocenters. The molecule has 1 N–H and O–H groups in total. The molecule has 2 saturated heterocycles. The summed E-state index contributed by atoms with van der Waals surface area (Å²) in [4.78, 5) is 2.47. The van der Waals surface area contributed by atoms with Gasteiger partial charge in [-0.1, -0.05) is 0 Å². The Morgan fingerprint density at radius 2 is 1.90 bits per heavy atom. The lowest BCUT2D eigenvalue weighted by Gasteiger charge is -2.32. The largest absolute Gasteiger partial charge is 0.378 e. The molecule has 0 aromatic rings. The Bertz CT molecular complexity index is 320. The van der Waals surface area contributed by atoms with Gasteiger partial charge in [-0.15, -0.1) is 0 Å². The third kappa shape index (κ3) is 4.92. The second kappa shape index (κ2) is 7.40. The van der Waals surface area contributed by atoms with Crippen LogP contribution in [0.15, 0.2) is 0 Å². The average molecular weight is 298 g/mol. The second-order valence-electron chi connectivity index (χ2n) is 7.71. The molecular weight excluding hydrogens is 264 g/mol. The van der Waals surface area contributed by atoms with Gasteiger partial charge in [-0.05, 0) is 53.5 Å². The van der Waals surface area contributed by atoms with Crippen LogP contribution in [0.25, 0.3) is 0 Å². The first-order valence-electron chi connectivity index (χ1n) is 8.54. The number of rotatable bonds is 8. The highest BCUT2D eigenvalue weighted by Crippen LogP contribution is 2.35.